The van der Waals surface area contributed by atoms with Crippen LogP contribution in [0.2, 0.25) is 0 Å². The Hall–Kier alpha value is -4.54. The van der Waals surface area contributed by atoms with Gasteiger partial charge >= 0.3 is 6.36 Å². The number of halogens is 3. The average molecular weight is 647 g/mol. The molecule has 1 N–H and O–H groups in total. The van der Waals surface area contributed by atoms with Crippen molar-refractivity contribution < 1.29 is 36.9 Å². The van der Waals surface area contributed by atoms with E-state index in [-0.39, 0.29) is 43.9 Å². The molecule has 2 atom stereocenters. The maximum Gasteiger partial charge on any atom is 0.522 e. The van der Waals surface area contributed by atoms with Crippen molar-refractivity contribution in [3.63, 3.8) is 0 Å². The Kier molecular flexibility index (Phi) is 9.70. The number of ether oxygens (including phenoxy) is 4. The summed E-state index contributed by atoms with van der Waals surface area (Å²) >= 11 is 0. The van der Waals surface area contributed by atoms with Crippen molar-refractivity contribution in [2.75, 3.05) is 33.1 Å². The van der Waals surface area contributed by atoms with Crippen molar-refractivity contribution in [2.24, 2.45) is 0 Å². The number of amides is 1. The van der Waals surface area contributed by atoms with Crippen LogP contribution in [-0.4, -0.2) is 50.3 Å². The van der Waals surface area contributed by atoms with Gasteiger partial charge in [0.25, 0.3) is 0 Å². The minimum absolute atomic E-state index is 0.0887. The Morgan fingerprint density at radius 3 is 2.17 bits per heavy atom. The summed E-state index contributed by atoms with van der Waals surface area (Å²) in [6.45, 7) is 4.28. The molecule has 47 heavy (non-hydrogen) atoms. The first kappa shape index (κ1) is 32.4. The van der Waals surface area contributed by atoms with Gasteiger partial charge in [-0.25, -0.2) is 0 Å². The first-order valence-electron chi connectivity index (χ1n) is 15.6. The number of rotatable bonds is 11. The predicted molar refractivity (Wildman–Crippen MR) is 171 cm³/mol. The molecular formula is C37H37F3N2O5. The Bertz CT molecular complexity index is 1650. The van der Waals surface area contributed by atoms with Gasteiger partial charge in [0.2, 0.25) is 12.7 Å². The van der Waals surface area contributed by atoms with Gasteiger partial charge in [-0.15, -0.1) is 13.2 Å². The lowest BCUT2D eigenvalue weighted by molar-refractivity contribution is -0.325. The maximum absolute atomic E-state index is 13.9. The number of nitrogens with one attached hydrogen (secondary N) is 1. The quantitative estimate of drug-likeness (QED) is 0.172. The molecule has 6 rings (SSSR count). The summed E-state index contributed by atoms with van der Waals surface area (Å²) in [5, 5.41) is 3.34. The molecule has 0 radical (unpaired) electrons. The zero-order chi connectivity index (χ0) is 33.0. The van der Waals surface area contributed by atoms with Crippen molar-refractivity contribution in [2.45, 2.75) is 44.6 Å². The molecule has 1 saturated heterocycles. The van der Waals surface area contributed by atoms with Gasteiger partial charge in [0.15, 0.2) is 11.5 Å². The molecule has 0 bridgehead atoms. The highest BCUT2D eigenvalue weighted by molar-refractivity contribution is 5.79. The van der Waals surface area contributed by atoms with E-state index in [0.29, 0.717) is 23.8 Å². The number of nitrogens with zero attached hydrogens (tertiary/aromatic N) is 1. The highest BCUT2D eigenvalue weighted by atomic mass is 19.4. The molecular weight excluding hydrogens is 609 g/mol. The van der Waals surface area contributed by atoms with Gasteiger partial charge in [-0.05, 0) is 83.8 Å². The second kappa shape index (κ2) is 14.1. The maximum atomic E-state index is 13.9. The third-order valence-electron chi connectivity index (χ3n) is 8.81. The Morgan fingerprint density at radius 2 is 1.51 bits per heavy atom. The van der Waals surface area contributed by atoms with Gasteiger partial charge in [0.1, 0.15) is 12.4 Å². The molecule has 2 aliphatic heterocycles. The normalized spacial score (nSPS) is 17.7. The number of benzene rings is 4. The second-order valence-corrected chi connectivity index (χ2v) is 11.9. The average Bonchev–Trinajstić information content (AvgIpc) is 3.69. The standard InChI is InChI=1S/C37H37F3N2O5/c1-24-7-3-5-9-30(24)36(31-10-6-4-8-25(31)2)41-35(43)22-42-21-28(27-13-16-33-34(20-27)46-23-45-33)19-32(42)26-11-14-29(15-12-26)44-17-18-47-37(38,39)40/h3-16,20,28,32,36H,17-19,21-23H2,1-2H3,(H,41,43). The van der Waals surface area contributed by atoms with Gasteiger partial charge < -0.3 is 19.5 Å². The van der Waals surface area contributed by atoms with E-state index >= 15 is 0 Å². The van der Waals surface area contributed by atoms with E-state index in [0.717, 1.165) is 39.8 Å². The van der Waals surface area contributed by atoms with Crippen LogP contribution in [0.3, 0.4) is 0 Å². The fourth-order valence-electron chi connectivity index (χ4n) is 6.47. The summed E-state index contributed by atoms with van der Waals surface area (Å²) in [4.78, 5) is 16.1. The lowest BCUT2D eigenvalue weighted by Gasteiger charge is -2.27. The third-order valence-corrected chi connectivity index (χ3v) is 8.81. The van der Waals surface area contributed by atoms with Crippen LogP contribution in [0.25, 0.3) is 0 Å². The summed E-state index contributed by atoms with van der Waals surface area (Å²) in [5.74, 6) is 1.90. The lowest BCUT2D eigenvalue weighted by Crippen LogP contribution is -2.39. The van der Waals surface area contributed by atoms with E-state index in [1.165, 1.54) is 0 Å². The predicted octanol–water partition coefficient (Wildman–Crippen LogP) is 7.38. The van der Waals surface area contributed by atoms with Crippen LogP contribution < -0.4 is 19.5 Å². The molecule has 0 aromatic heterocycles. The number of hydrogen-bond acceptors (Lipinski definition) is 6. The van der Waals surface area contributed by atoms with Gasteiger partial charge in [0, 0.05) is 12.6 Å². The number of carbonyl (C=O) groups is 1. The minimum atomic E-state index is -4.69. The molecule has 0 spiro atoms. The summed E-state index contributed by atoms with van der Waals surface area (Å²) in [5.41, 5.74) is 6.36. The summed E-state index contributed by atoms with van der Waals surface area (Å²) in [6, 6.07) is 29.0. The molecule has 2 aliphatic rings. The Balaban J connectivity index is 1.22. The monoisotopic (exact) mass is 646 g/mol. The van der Waals surface area contributed by atoms with Crippen molar-refractivity contribution in [1.29, 1.82) is 0 Å². The third kappa shape index (κ3) is 7.89. The van der Waals surface area contributed by atoms with Crippen LogP contribution in [0.15, 0.2) is 91.0 Å². The minimum Gasteiger partial charge on any atom is -0.491 e. The van der Waals surface area contributed by atoms with Crippen LogP contribution >= 0.6 is 0 Å². The molecule has 0 aliphatic carbocycles. The van der Waals surface area contributed by atoms with Gasteiger partial charge in [0.05, 0.1) is 19.2 Å². The number of aryl methyl sites for hydroxylation is 2. The zero-order valence-electron chi connectivity index (χ0n) is 26.3. The lowest BCUT2D eigenvalue weighted by atomic mass is 9.92. The molecule has 4 aromatic rings. The van der Waals surface area contributed by atoms with Crippen LogP contribution in [0.4, 0.5) is 13.2 Å². The van der Waals surface area contributed by atoms with Crippen molar-refractivity contribution in [3.05, 3.63) is 124 Å². The fourth-order valence-corrected chi connectivity index (χ4v) is 6.47. The summed E-state index contributed by atoms with van der Waals surface area (Å²) in [7, 11) is 0. The number of carbonyl (C=O) groups excluding carboxylic acids is 1. The van der Waals surface area contributed by atoms with Crippen molar-refractivity contribution in [1.82, 2.24) is 10.2 Å². The van der Waals surface area contributed by atoms with Gasteiger partial charge in [-0.3, -0.25) is 14.4 Å². The SMILES string of the molecule is Cc1ccccc1C(NC(=O)CN1CC(c2ccc3c(c2)OCO3)CC1c1ccc(OCCOC(F)(F)F)cc1)c1ccccc1C. The molecule has 2 unspecified atom stereocenters. The van der Waals surface area contributed by atoms with Crippen molar-refractivity contribution in [3.8, 4) is 17.2 Å². The van der Waals surface area contributed by atoms with E-state index in [1.54, 1.807) is 12.1 Å². The van der Waals surface area contributed by atoms with Crippen LogP contribution in [0.5, 0.6) is 17.2 Å². The Labute approximate surface area is 272 Å². The highest BCUT2D eigenvalue weighted by Crippen LogP contribution is 2.43. The molecule has 10 heteroatoms. The summed E-state index contributed by atoms with van der Waals surface area (Å²) < 4.78 is 57.3. The van der Waals surface area contributed by atoms with E-state index in [1.807, 2.05) is 54.6 Å². The summed E-state index contributed by atoms with van der Waals surface area (Å²) in [6.07, 6.45) is -3.94. The largest absolute Gasteiger partial charge is 0.522 e. The van der Waals surface area contributed by atoms with Gasteiger partial charge in [-0.1, -0.05) is 66.7 Å². The molecule has 246 valence electrons. The highest BCUT2D eigenvalue weighted by Gasteiger charge is 2.36. The van der Waals surface area contributed by atoms with Crippen molar-refractivity contribution >= 4 is 5.91 Å². The molecule has 1 fully saturated rings. The first-order chi connectivity index (χ1) is 22.6. The zero-order valence-corrected chi connectivity index (χ0v) is 26.3. The van der Waals surface area contributed by atoms with E-state index in [2.05, 4.69) is 53.1 Å². The number of alkyl halides is 3. The molecule has 2 heterocycles. The number of hydrogen-bond donors (Lipinski definition) is 1. The van der Waals surface area contributed by atoms with Crippen LogP contribution in [0, 0.1) is 13.8 Å². The number of likely N-dealkylation sites (tertiary alicyclic amines) is 1. The molecule has 1 amide bonds. The molecule has 4 aromatic carbocycles. The van der Waals surface area contributed by atoms with Gasteiger partial charge in [-0.2, -0.15) is 0 Å². The van der Waals surface area contributed by atoms with Crippen LogP contribution in [-0.2, 0) is 9.53 Å². The van der Waals surface area contributed by atoms with E-state index < -0.39 is 13.0 Å². The smallest absolute Gasteiger partial charge is 0.491 e. The fraction of sp³-hybridized carbons (Fsp3) is 0.324. The van der Waals surface area contributed by atoms with Crippen LogP contribution in [0.1, 0.15) is 57.8 Å². The second-order valence-electron chi connectivity index (χ2n) is 11.9. The van der Waals surface area contributed by atoms with E-state index in [4.69, 9.17) is 14.2 Å². The Morgan fingerprint density at radius 1 is 0.872 bits per heavy atom. The topological polar surface area (TPSA) is 69.3 Å². The number of fused-ring (bicyclic) bond motifs is 1. The molecule has 0 saturated carbocycles. The molecule has 7 nitrogen and oxygen atoms in total. The first-order valence-corrected chi connectivity index (χ1v) is 15.6. The van der Waals surface area contributed by atoms with E-state index in [9.17, 15) is 18.0 Å².